The molecule has 0 rings (SSSR count). The van der Waals surface area contributed by atoms with Crippen LogP contribution in [0.4, 0.5) is 0 Å². The van der Waals surface area contributed by atoms with Gasteiger partial charge in [0.05, 0.1) is 0 Å². The summed E-state index contributed by atoms with van der Waals surface area (Å²) >= 11 is 0. The van der Waals surface area contributed by atoms with E-state index >= 15 is 0 Å². The van der Waals surface area contributed by atoms with Gasteiger partial charge in [-0.2, -0.15) is 0 Å². The van der Waals surface area contributed by atoms with Crippen LogP contribution in [-0.4, -0.2) is 45.6 Å². The summed E-state index contributed by atoms with van der Waals surface area (Å²) in [6.07, 6.45) is 3.97. The summed E-state index contributed by atoms with van der Waals surface area (Å²) in [4.78, 5) is 0. The van der Waals surface area contributed by atoms with E-state index in [1.807, 2.05) is 37.4 Å². The van der Waals surface area contributed by atoms with Gasteiger partial charge in [-0.15, -0.1) is 0 Å². The highest BCUT2D eigenvalue weighted by atomic mass is 28.4. The standard InChI is InChI=1S/C12H26O4Si2/c1-7-9-17(13-3,14-4)11-12-18(15-5,16-6)10-8-2/h7-10H,11-12H2,1-6H3. The second kappa shape index (κ2) is 8.79. The van der Waals surface area contributed by atoms with Gasteiger partial charge >= 0.3 is 17.1 Å². The average molecular weight is 291 g/mol. The van der Waals surface area contributed by atoms with Crippen LogP contribution in [0.3, 0.4) is 0 Å². The lowest BCUT2D eigenvalue weighted by Gasteiger charge is -2.29. The summed E-state index contributed by atoms with van der Waals surface area (Å²) in [6, 6.07) is 1.64. The third kappa shape index (κ3) is 4.79. The molecule has 6 heteroatoms. The zero-order valence-corrected chi connectivity index (χ0v) is 14.4. The number of rotatable bonds is 9. The first kappa shape index (κ1) is 17.8. The lowest BCUT2D eigenvalue weighted by molar-refractivity contribution is 0.243. The molecule has 0 spiro atoms. The summed E-state index contributed by atoms with van der Waals surface area (Å²) in [5.41, 5.74) is 4.10. The van der Waals surface area contributed by atoms with Gasteiger partial charge in [-0.3, -0.25) is 0 Å². The maximum atomic E-state index is 5.61. The predicted molar refractivity (Wildman–Crippen MR) is 78.8 cm³/mol. The average Bonchev–Trinajstić information content (AvgIpc) is 2.42. The van der Waals surface area contributed by atoms with E-state index in [9.17, 15) is 0 Å². The predicted octanol–water partition coefficient (Wildman–Crippen LogP) is 2.69. The Kier molecular flexibility index (Phi) is 8.67. The van der Waals surface area contributed by atoms with Gasteiger partial charge in [-0.25, -0.2) is 0 Å². The Morgan fingerprint density at radius 2 is 0.944 bits per heavy atom. The van der Waals surface area contributed by atoms with Crippen molar-refractivity contribution in [3.8, 4) is 0 Å². The Balaban J connectivity index is 4.86. The maximum absolute atomic E-state index is 5.61. The Morgan fingerprint density at radius 1 is 0.667 bits per heavy atom. The molecule has 0 aromatic heterocycles. The fourth-order valence-corrected chi connectivity index (χ4v) is 7.70. The molecule has 0 aliphatic carbocycles. The van der Waals surface area contributed by atoms with Crippen LogP contribution in [0.5, 0.6) is 0 Å². The van der Waals surface area contributed by atoms with Crippen LogP contribution < -0.4 is 0 Å². The van der Waals surface area contributed by atoms with Crippen molar-refractivity contribution in [2.45, 2.75) is 25.9 Å². The maximum Gasteiger partial charge on any atom is 0.364 e. The van der Waals surface area contributed by atoms with Crippen molar-refractivity contribution in [3.05, 3.63) is 23.6 Å². The molecule has 0 aromatic carbocycles. The van der Waals surface area contributed by atoms with E-state index < -0.39 is 17.1 Å². The molecule has 0 saturated heterocycles. The molecule has 18 heavy (non-hydrogen) atoms. The SMILES string of the molecule is CC=C[Si](CC[Si](C=CC)(OC)OC)(OC)OC. The van der Waals surface area contributed by atoms with E-state index in [-0.39, 0.29) is 0 Å². The molecule has 0 heterocycles. The number of allylic oxidation sites excluding steroid dienone is 2. The summed E-state index contributed by atoms with van der Waals surface area (Å²) in [5, 5.41) is 0. The molecule has 0 aromatic rings. The van der Waals surface area contributed by atoms with E-state index in [0.717, 1.165) is 12.1 Å². The fraction of sp³-hybridized carbons (Fsp3) is 0.667. The van der Waals surface area contributed by atoms with Crippen LogP contribution in [0, 0.1) is 0 Å². The van der Waals surface area contributed by atoms with Crippen LogP contribution in [0.25, 0.3) is 0 Å². The van der Waals surface area contributed by atoms with E-state index in [1.165, 1.54) is 0 Å². The summed E-state index contributed by atoms with van der Waals surface area (Å²) in [5.74, 6) is 0. The summed E-state index contributed by atoms with van der Waals surface area (Å²) < 4.78 is 22.4. The van der Waals surface area contributed by atoms with Crippen molar-refractivity contribution in [1.82, 2.24) is 0 Å². The smallest absolute Gasteiger partial charge is 0.364 e. The molecule has 0 bridgehead atoms. The molecule has 106 valence electrons. The molecule has 0 unspecified atom stereocenters. The zero-order chi connectivity index (χ0) is 14.1. The Morgan fingerprint density at radius 3 is 1.11 bits per heavy atom. The number of hydrogen-bond acceptors (Lipinski definition) is 4. The zero-order valence-electron chi connectivity index (χ0n) is 12.4. The van der Waals surface area contributed by atoms with Gasteiger partial charge in [0.2, 0.25) is 0 Å². The highest BCUT2D eigenvalue weighted by Gasteiger charge is 2.40. The molecule has 0 aliphatic heterocycles. The van der Waals surface area contributed by atoms with Crippen molar-refractivity contribution in [3.63, 3.8) is 0 Å². The van der Waals surface area contributed by atoms with Gasteiger partial charge < -0.3 is 17.7 Å². The van der Waals surface area contributed by atoms with Crippen LogP contribution in [0.1, 0.15) is 13.8 Å². The highest BCUT2D eigenvalue weighted by Crippen LogP contribution is 2.24. The summed E-state index contributed by atoms with van der Waals surface area (Å²) in [7, 11) is 2.30. The highest BCUT2D eigenvalue weighted by molar-refractivity contribution is 6.78. The van der Waals surface area contributed by atoms with Gasteiger partial charge in [0.15, 0.2) is 0 Å². The minimum atomic E-state index is -2.25. The topological polar surface area (TPSA) is 36.9 Å². The third-order valence-electron chi connectivity index (χ3n) is 3.05. The van der Waals surface area contributed by atoms with Crippen molar-refractivity contribution in [1.29, 1.82) is 0 Å². The molecular weight excluding hydrogens is 264 g/mol. The Hall–Kier alpha value is -0.246. The molecular formula is C12H26O4Si2. The lowest BCUT2D eigenvalue weighted by atomic mass is 10.8. The van der Waals surface area contributed by atoms with E-state index in [2.05, 4.69) is 0 Å². The molecule has 0 amide bonds. The minimum Gasteiger partial charge on any atom is -0.395 e. The Bertz CT molecular complexity index is 243. The van der Waals surface area contributed by atoms with E-state index in [0.29, 0.717) is 0 Å². The molecule has 0 atom stereocenters. The quantitative estimate of drug-likeness (QED) is 0.612. The normalized spacial score (nSPS) is 13.9. The first-order valence-electron chi connectivity index (χ1n) is 6.06. The first-order chi connectivity index (χ1) is 8.57. The first-order valence-corrected chi connectivity index (χ1v) is 10.3. The van der Waals surface area contributed by atoms with Crippen molar-refractivity contribution >= 4 is 17.1 Å². The third-order valence-corrected chi connectivity index (χ3v) is 9.89. The fourth-order valence-electron chi connectivity index (χ4n) is 1.87. The monoisotopic (exact) mass is 290 g/mol. The van der Waals surface area contributed by atoms with Crippen molar-refractivity contribution in [2.75, 3.05) is 28.4 Å². The van der Waals surface area contributed by atoms with Gasteiger partial charge in [0, 0.05) is 28.4 Å². The minimum absolute atomic E-state index is 0.822. The van der Waals surface area contributed by atoms with Crippen molar-refractivity contribution < 1.29 is 17.7 Å². The van der Waals surface area contributed by atoms with Crippen LogP contribution >= 0.6 is 0 Å². The molecule has 0 radical (unpaired) electrons. The largest absolute Gasteiger partial charge is 0.395 e. The van der Waals surface area contributed by atoms with Crippen LogP contribution in [-0.2, 0) is 17.7 Å². The van der Waals surface area contributed by atoms with E-state index in [1.54, 1.807) is 28.4 Å². The molecule has 0 N–H and O–H groups in total. The molecule has 0 fully saturated rings. The Labute approximate surface area is 113 Å². The lowest BCUT2D eigenvalue weighted by Crippen LogP contribution is -2.44. The van der Waals surface area contributed by atoms with Gasteiger partial charge in [-0.1, -0.05) is 12.2 Å². The van der Waals surface area contributed by atoms with Crippen LogP contribution in [0.2, 0.25) is 12.1 Å². The van der Waals surface area contributed by atoms with Gasteiger partial charge in [0.25, 0.3) is 0 Å². The molecule has 0 saturated carbocycles. The second-order valence-electron chi connectivity index (χ2n) is 3.94. The second-order valence-corrected chi connectivity index (χ2v) is 10.5. The van der Waals surface area contributed by atoms with Gasteiger partial charge in [-0.05, 0) is 37.3 Å². The molecule has 4 nitrogen and oxygen atoms in total. The summed E-state index contributed by atoms with van der Waals surface area (Å²) in [6.45, 7) is 3.95. The van der Waals surface area contributed by atoms with Gasteiger partial charge in [0.1, 0.15) is 0 Å². The van der Waals surface area contributed by atoms with Crippen molar-refractivity contribution in [2.24, 2.45) is 0 Å². The molecule has 0 aliphatic rings. The number of hydrogen-bond donors (Lipinski definition) is 0. The van der Waals surface area contributed by atoms with E-state index in [4.69, 9.17) is 17.7 Å². The van der Waals surface area contributed by atoms with Crippen LogP contribution in [0.15, 0.2) is 23.6 Å².